The molecular weight excluding hydrogens is 335 g/mol. The number of hydrazone groups is 1. The summed E-state index contributed by atoms with van der Waals surface area (Å²) in [6.45, 7) is 6.91. The molecule has 0 aliphatic carbocycles. The molecule has 1 aliphatic rings. The van der Waals surface area contributed by atoms with Gasteiger partial charge in [-0.05, 0) is 32.0 Å². The summed E-state index contributed by atoms with van der Waals surface area (Å²) in [5, 5.41) is 4.05. The first-order chi connectivity index (χ1) is 12.6. The summed E-state index contributed by atoms with van der Waals surface area (Å²) in [6.07, 6.45) is 1.59. The number of morpholine rings is 1. The molecule has 3 rings (SSSR count). The van der Waals surface area contributed by atoms with Crippen LogP contribution in [0.15, 0.2) is 35.4 Å². The molecule has 1 aliphatic heterocycles. The van der Waals surface area contributed by atoms with Gasteiger partial charge >= 0.3 is 0 Å². The van der Waals surface area contributed by atoms with Crippen LogP contribution in [0.5, 0.6) is 0 Å². The van der Waals surface area contributed by atoms with Crippen molar-refractivity contribution in [1.29, 1.82) is 0 Å². The lowest BCUT2D eigenvalue weighted by molar-refractivity contribution is -0.123. The number of hydrogen-bond donors (Lipinski definition) is 1. The molecule has 2 aromatic rings. The second-order valence-electron chi connectivity index (χ2n) is 6.29. The van der Waals surface area contributed by atoms with Crippen molar-refractivity contribution < 1.29 is 13.9 Å². The molecule has 1 fully saturated rings. The SMILES string of the molecule is Cc1cc(/C=N\NC(=O)CN2CCOCC2)c(C)n1-c1ccccc1F. The highest BCUT2D eigenvalue weighted by Crippen LogP contribution is 2.21. The van der Waals surface area contributed by atoms with Gasteiger partial charge in [0.1, 0.15) is 5.82 Å². The number of halogens is 1. The molecular formula is C19H23FN4O2. The van der Waals surface area contributed by atoms with E-state index in [4.69, 9.17) is 4.74 Å². The Morgan fingerprint density at radius 1 is 1.31 bits per heavy atom. The molecule has 0 saturated carbocycles. The molecule has 1 N–H and O–H groups in total. The molecule has 1 aromatic heterocycles. The summed E-state index contributed by atoms with van der Waals surface area (Å²) in [5.74, 6) is -0.442. The van der Waals surface area contributed by atoms with Crippen molar-refractivity contribution in [3.8, 4) is 5.69 Å². The maximum Gasteiger partial charge on any atom is 0.254 e. The van der Waals surface area contributed by atoms with Gasteiger partial charge < -0.3 is 9.30 Å². The van der Waals surface area contributed by atoms with Crippen molar-refractivity contribution in [2.45, 2.75) is 13.8 Å². The van der Waals surface area contributed by atoms with Crippen LogP contribution < -0.4 is 5.43 Å². The summed E-state index contributed by atoms with van der Waals surface area (Å²) >= 11 is 0. The number of amides is 1. The highest BCUT2D eigenvalue weighted by Gasteiger charge is 2.14. The maximum absolute atomic E-state index is 14.1. The maximum atomic E-state index is 14.1. The minimum atomic E-state index is -0.281. The zero-order chi connectivity index (χ0) is 18.5. The average Bonchev–Trinajstić information content (AvgIpc) is 2.90. The summed E-state index contributed by atoms with van der Waals surface area (Å²) in [7, 11) is 0. The van der Waals surface area contributed by atoms with Crippen LogP contribution in [0.25, 0.3) is 5.69 Å². The third kappa shape index (κ3) is 4.17. The zero-order valence-electron chi connectivity index (χ0n) is 15.0. The summed E-state index contributed by atoms with van der Waals surface area (Å²) in [5.41, 5.74) is 5.64. The van der Waals surface area contributed by atoms with E-state index in [1.54, 1.807) is 24.4 Å². The molecule has 1 saturated heterocycles. The molecule has 2 heterocycles. The summed E-state index contributed by atoms with van der Waals surface area (Å²) < 4.78 is 21.2. The molecule has 0 bridgehead atoms. The van der Waals surface area contributed by atoms with E-state index in [0.717, 1.165) is 30.0 Å². The van der Waals surface area contributed by atoms with E-state index in [0.29, 0.717) is 25.4 Å². The van der Waals surface area contributed by atoms with Crippen molar-refractivity contribution >= 4 is 12.1 Å². The van der Waals surface area contributed by atoms with E-state index in [1.165, 1.54) is 6.07 Å². The van der Waals surface area contributed by atoms with Crippen molar-refractivity contribution in [2.75, 3.05) is 32.8 Å². The number of aromatic nitrogens is 1. The minimum Gasteiger partial charge on any atom is -0.379 e. The van der Waals surface area contributed by atoms with Crippen molar-refractivity contribution in [3.05, 3.63) is 53.1 Å². The number of nitrogens with zero attached hydrogens (tertiary/aromatic N) is 3. The molecule has 0 spiro atoms. The lowest BCUT2D eigenvalue weighted by Gasteiger charge is -2.25. The van der Waals surface area contributed by atoms with E-state index in [9.17, 15) is 9.18 Å². The Balaban J connectivity index is 1.67. The van der Waals surface area contributed by atoms with Gasteiger partial charge in [-0.3, -0.25) is 9.69 Å². The number of benzene rings is 1. The highest BCUT2D eigenvalue weighted by molar-refractivity contribution is 5.84. The van der Waals surface area contributed by atoms with Gasteiger partial charge in [0.25, 0.3) is 5.91 Å². The van der Waals surface area contributed by atoms with Gasteiger partial charge in [-0.2, -0.15) is 5.10 Å². The first-order valence-corrected chi connectivity index (χ1v) is 8.62. The van der Waals surface area contributed by atoms with E-state index >= 15 is 0 Å². The molecule has 26 heavy (non-hydrogen) atoms. The molecule has 0 atom stereocenters. The number of nitrogens with one attached hydrogen (secondary N) is 1. The molecule has 6 nitrogen and oxygen atoms in total. The number of para-hydroxylation sites is 1. The summed E-state index contributed by atoms with van der Waals surface area (Å²) in [6, 6.07) is 8.56. The monoisotopic (exact) mass is 358 g/mol. The van der Waals surface area contributed by atoms with Crippen LogP contribution in [0.3, 0.4) is 0 Å². The van der Waals surface area contributed by atoms with Gasteiger partial charge in [0.15, 0.2) is 0 Å². The summed E-state index contributed by atoms with van der Waals surface area (Å²) in [4.78, 5) is 14.0. The lowest BCUT2D eigenvalue weighted by atomic mass is 10.2. The van der Waals surface area contributed by atoms with Crippen LogP contribution in [0.1, 0.15) is 17.0 Å². The predicted molar refractivity (Wildman–Crippen MR) is 98.2 cm³/mol. The van der Waals surface area contributed by atoms with E-state index in [-0.39, 0.29) is 11.7 Å². The number of hydrogen-bond acceptors (Lipinski definition) is 4. The van der Waals surface area contributed by atoms with Gasteiger partial charge in [0.05, 0.1) is 31.7 Å². The van der Waals surface area contributed by atoms with E-state index in [2.05, 4.69) is 10.5 Å². The second kappa shape index (κ2) is 8.25. The first kappa shape index (κ1) is 18.3. The molecule has 1 aromatic carbocycles. The molecule has 1 amide bonds. The first-order valence-electron chi connectivity index (χ1n) is 8.62. The normalized spacial score (nSPS) is 15.5. The Bertz CT molecular complexity index is 810. The number of aryl methyl sites for hydroxylation is 1. The Morgan fingerprint density at radius 3 is 2.77 bits per heavy atom. The van der Waals surface area contributed by atoms with Gasteiger partial charge in [-0.15, -0.1) is 0 Å². The van der Waals surface area contributed by atoms with Gasteiger partial charge in [-0.25, -0.2) is 9.82 Å². The smallest absolute Gasteiger partial charge is 0.254 e. The van der Waals surface area contributed by atoms with Crippen LogP contribution >= 0.6 is 0 Å². The Hall–Kier alpha value is -2.51. The topological polar surface area (TPSA) is 58.9 Å². The molecule has 7 heteroatoms. The Morgan fingerprint density at radius 2 is 2.04 bits per heavy atom. The van der Waals surface area contributed by atoms with Crippen LogP contribution in [-0.2, 0) is 9.53 Å². The second-order valence-corrected chi connectivity index (χ2v) is 6.29. The van der Waals surface area contributed by atoms with Crippen LogP contribution in [0.4, 0.5) is 4.39 Å². The van der Waals surface area contributed by atoms with Gasteiger partial charge in [0.2, 0.25) is 0 Å². The molecule has 0 unspecified atom stereocenters. The average molecular weight is 358 g/mol. The van der Waals surface area contributed by atoms with Crippen LogP contribution in [0.2, 0.25) is 0 Å². The standard InChI is InChI=1S/C19H23FN4O2/c1-14-11-16(15(2)24(14)18-6-4-3-5-17(18)20)12-21-22-19(25)13-23-7-9-26-10-8-23/h3-6,11-12H,7-10,13H2,1-2H3,(H,22,25)/b21-12-. The predicted octanol–water partition coefficient (Wildman–Crippen LogP) is 2.02. The van der Waals surface area contributed by atoms with Gasteiger partial charge in [0, 0.05) is 30.0 Å². The van der Waals surface area contributed by atoms with E-state index in [1.807, 2.05) is 29.4 Å². The highest BCUT2D eigenvalue weighted by atomic mass is 19.1. The third-order valence-corrected chi connectivity index (χ3v) is 4.43. The van der Waals surface area contributed by atoms with E-state index < -0.39 is 0 Å². The Kier molecular flexibility index (Phi) is 5.80. The molecule has 138 valence electrons. The lowest BCUT2D eigenvalue weighted by Crippen LogP contribution is -2.42. The van der Waals surface area contributed by atoms with Gasteiger partial charge in [-0.1, -0.05) is 12.1 Å². The quantitative estimate of drug-likeness (QED) is 0.657. The van der Waals surface area contributed by atoms with Crippen molar-refractivity contribution in [1.82, 2.24) is 14.9 Å². The van der Waals surface area contributed by atoms with Crippen LogP contribution in [-0.4, -0.2) is 54.4 Å². The number of ether oxygens (including phenoxy) is 1. The zero-order valence-corrected chi connectivity index (χ0v) is 15.0. The largest absolute Gasteiger partial charge is 0.379 e. The fourth-order valence-corrected chi connectivity index (χ4v) is 3.09. The number of rotatable bonds is 5. The fourth-order valence-electron chi connectivity index (χ4n) is 3.09. The molecule has 0 radical (unpaired) electrons. The number of carbonyl (C=O) groups excluding carboxylic acids is 1. The minimum absolute atomic E-state index is 0.161. The third-order valence-electron chi connectivity index (χ3n) is 4.43. The Labute approximate surface area is 152 Å². The van der Waals surface area contributed by atoms with Crippen molar-refractivity contribution in [2.24, 2.45) is 5.10 Å². The fraction of sp³-hybridized carbons (Fsp3) is 0.368. The van der Waals surface area contributed by atoms with Crippen LogP contribution in [0, 0.1) is 19.7 Å². The number of carbonyl (C=O) groups is 1. The van der Waals surface area contributed by atoms with Crippen molar-refractivity contribution in [3.63, 3.8) is 0 Å².